The molecule has 0 radical (unpaired) electrons. The molecule has 9 nitrogen and oxygen atoms in total. The SMILES string of the molecule is CC(NC(=O)N(C)c1cnc(C(F)(F)F)cc1Br)c1ncnn1-c1ncccn1. The number of hydrogen-bond donors (Lipinski definition) is 1. The van der Waals surface area contributed by atoms with Gasteiger partial charge in [0.15, 0.2) is 5.82 Å². The van der Waals surface area contributed by atoms with Gasteiger partial charge in [0.1, 0.15) is 12.0 Å². The summed E-state index contributed by atoms with van der Waals surface area (Å²) in [4.78, 5) is 29.4. The molecule has 1 unspecified atom stereocenters. The second-order valence-electron chi connectivity index (χ2n) is 5.83. The molecule has 2 amide bonds. The second kappa shape index (κ2) is 8.11. The van der Waals surface area contributed by atoms with E-state index in [4.69, 9.17) is 0 Å². The van der Waals surface area contributed by atoms with Crippen molar-refractivity contribution < 1.29 is 18.0 Å². The van der Waals surface area contributed by atoms with E-state index in [1.54, 1.807) is 25.4 Å². The van der Waals surface area contributed by atoms with Gasteiger partial charge in [-0.25, -0.2) is 24.7 Å². The Labute approximate surface area is 171 Å². The highest BCUT2D eigenvalue weighted by Gasteiger charge is 2.33. The molecule has 3 aromatic heterocycles. The van der Waals surface area contributed by atoms with Crippen molar-refractivity contribution in [2.24, 2.45) is 0 Å². The Morgan fingerprint density at radius 1 is 1.24 bits per heavy atom. The molecule has 0 spiro atoms. The molecule has 1 N–H and O–H groups in total. The van der Waals surface area contributed by atoms with Crippen molar-refractivity contribution in [3.05, 3.63) is 53.0 Å². The third-order valence-electron chi connectivity index (χ3n) is 3.83. The van der Waals surface area contributed by atoms with Crippen LogP contribution in [0.5, 0.6) is 0 Å². The summed E-state index contributed by atoms with van der Waals surface area (Å²) >= 11 is 3.05. The number of aromatic nitrogens is 6. The molecule has 3 heterocycles. The molecule has 29 heavy (non-hydrogen) atoms. The van der Waals surface area contributed by atoms with E-state index >= 15 is 0 Å². The summed E-state index contributed by atoms with van der Waals surface area (Å²) in [5, 5.41) is 6.76. The van der Waals surface area contributed by atoms with Crippen LogP contribution in [0, 0.1) is 0 Å². The topological polar surface area (TPSA) is 102 Å². The van der Waals surface area contributed by atoms with E-state index in [1.165, 1.54) is 18.1 Å². The zero-order valence-electron chi connectivity index (χ0n) is 15.1. The van der Waals surface area contributed by atoms with Crippen molar-refractivity contribution >= 4 is 27.6 Å². The fourth-order valence-corrected chi connectivity index (χ4v) is 2.97. The highest BCUT2D eigenvalue weighted by atomic mass is 79.9. The second-order valence-corrected chi connectivity index (χ2v) is 6.68. The summed E-state index contributed by atoms with van der Waals surface area (Å²) < 4.78 is 39.7. The fourth-order valence-electron chi connectivity index (χ4n) is 2.38. The molecular formula is C16H14BrF3N8O. The number of nitrogens with one attached hydrogen (secondary N) is 1. The van der Waals surface area contributed by atoms with Crippen LogP contribution in [0.3, 0.4) is 0 Å². The number of urea groups is 1. The zero-order valence-corrected chi connectivity index (χ0v) is 16.7. The van der Waals surface area contributed by atoms with Crippen molar-refractivity contribution in [1.82, 2.24) is 35.0 Å². The van der Waals surface area contributed by atoms with Crippen LogP contribution in [0.25, 0.3) is 5.95 Å². The highest BCUT2D eigenvalue weighted by Crippen LogP contribution is 2.33. The maximum Gasteiger partial charge on any atom is 0.433 e. The van der Waals surface area contributed by atoms with Crippen LogP contribution in [0.15, 0.2) is 41.5 Å². The van der Waals surface area contributed by atoms with Gasteiger partial charge in [-0.2, -0.15) is 23.0 Å². The normalized spacial score (nSPS) is 12.5. The zero-order chi connectivity index (χ0) is 21.2. The number of halogens is 4. The Hall–Kier alpha value is -3.09. The number of pyridine rings is 1. The first-order chi connectivity index (χ1) is 13.7. The average Bonchev–Trinajstić information content (AvgIpc) is 3.17. The standard InChI is InChI=1S/C16H14BrF3N8O/c1-9(13-24-8-25-28(13)14-21-4-3-5-22-14)26-15(29)27(2)11-7-23-12(6-10(11)17)16(18,19)20/h3-9H,1-2H3,(H,26,29). The molecule has 0 bridgehead atoms. The maximum atomic E-state index is 12.8. The lowest BCUT2D eigenvalue weighted by Crippen LogP contribution is -2.39. The van der Waals surface area contributed by atoms with E-state index in [0.717, 1.165) is 17.2 Å². The van der Waals surface area contributed by atoms with Crippen molar-refractivity contribution in [1.29, 1.82) is 0 Å². The van der Waals surface area contributed by atoms with Gasteiger partial charge in [-0.15, -0.1) is 0 Å². The summed E-state index contributed by atoms with van der Waals surface area (Å²) in [5.41, 5.74) is -0.901. The van der Waals surface area contributed by atoms with Gasteiger partial charge < -0.3 is 5.32 Å². The Balaban J connectivity index is 1.76. The van der Waals surface area contributed by atoms with E-state index in [2.05, 4.69) is 46.3 Å². The third-order valence-corrected chi connectivity index (χ3v) is 4.47. The van der Waals surface area contributed by atoms with Crippen molar-refractivity contribution in [3.63, 3.8) is 0 Å². The van der Waals surface area contributed by atoms with Crippen LogP contribution < -0.4 is 10.2 Å². The van der Waals surface area contributed by atoms with Gasteiger partial charge in [0.2, 0.25) is 0 Å². The molecule has 0 aliphatic rings. The van der Waals surface area contributed by atoms with Crippen LogP contribution in [0.4, 0.5) is 23.7 Å². The summed E-state index contributed by atoms with van der Waals surface area (Å²) in [5.74, 6) is 0.659. The van der Waals surface area contributed by atoms with Crippen molar-refractivity contribution in [2.75, 3.05) is 11.9 Å². The predicted octanol–water partition coefficient (Wildman–Crippen LogP) is 3.14. The van der Waals surface area contributed by atoms with Crippen molar-refractivity contribution in [3.8, 4) is 5.95 Å². The molecule has 0 fully saturated rings. The van der Waals surface area contributed by atoms with Gasteiger partial charge in [0, 0.05) is 23.9 Å². The summed E-state index contributed by atoms with van der Waals surface area (Å²) in [6.07, 6.45) is 0.770. The molecule has 1 atom stereocenters. The number of hydrogen-bond acceptors (Lipinski definition) is 6. The predicted molar refractivity (Wildman–Crippen MR) is 99.2 cm³/mol. The van der Waals surface area contributed by atoms with E-state index < -0.39 is 23.9 Å². The Morgan fingerprint density at radius 3 is 2.55 bits per heavy atom. The molecule has 3 rings (SSSR count). The van der Waals surface area contributed by atoms with E-state index in [1.807, 2.05) is 0 Å². The molecule has 152 valence electrons. The number of rotatable bonds is 4. The number of anilines is 1. The van der Waals surface area contributed by atoms with Crippen LogP contribution in [-0.2, 0) is 6.18 Å². The molecule has 13 heteroatoms. The molecule has 0 aromatic carbocycles. The molecule has 3 aromatic rings. The van der Waals surface area contributed by atoms with Gasteiger partial charge in [0.25, 0.3) is 5.95 Å². The Kier molecular flexibility index (Phi) is 5.77. The summed E-state index contributed by atoms with van der Waals surface area (Å²) in [7, 11) is 1.40. The van der Waals surface area contributed by atoms with E-state index in [0.29, 0.717) is 5.82 Å². The number of nitrogens with zero attached hydrogens (tertiary/aromatic N) is 7. The largest absolute Gasteiger partial charge is 0.433 e. The number of carbonyl (C=O) groups is 1. The monoisotopic (exact) mass is 470 g/mol. The molecule has 0 saturated carbocycles. The van der Waals surface area contributed by atoms with Gasteiger partial charge >= 0.3 is 12.2 Å². The lowest BCUT2D eigenvalue weighted by Gasteiger charge is -2.22. The first-order valence-corrected chi connectivity index (χ1v) is 8.92. The third kappa shape index (κ3) is 4.50. The smallest absolute Gasteiger partial charge is 0.328 e. The van der Waals surface area contributed by atoms with Crippen molar-refractivity contribution in [2.45, 2.75) is 19.1 Å². The fraction of sp³-hybridized carbons (Fsp3) is 0.250. The number of carbonyl (C=O) groups excluding carboxylic acids is 1. The molecule has 0 saturated heterocycles. The van der Waals surface area contributed by atoms with Crippen LogP contribution in [-0.4, -0.2) is 42.8 Å². The van der Waals surface area contributed by atoms with E-state index in [9.17, 15) is 18.0 Å². The molecule has 0 aliphatic heterocycles. The minimum atomic E-state index is -4.58. The first-order valence-electron chi connectivity index (χ1n) is 8.12. The van der Waals surface area contributed by atoms with Crippen LogP contribution in [0.2, 0.25) is 0 Å². The quantitative estimate of drug-likeness (QED) is 0.628. The molecular weight excluding hydrogens is 457 g/mol. The summed E-state index contributed by atoms with van der Waals surface area (Å²) in [6.45, 7) is 1.68. The summed E-state index contributed by atoms with van der Waals surface area (Å²) in [6, 6.07) is 1.28. The maximum absolute atomic E-state index is 12.8. The van der Waals surface area contributed by atoms with Gasteiger partial charge in [-0.3, -0.25) is 4.90 Å². The minimum absolute atomic E-state index is 0.0750. The van der Waals surface area contributed by atoms with Gasteiger partial charge in [-0.05, 0) is 35.0 Å². The Bertz CT molecular complexity index is 1010. The van der Waals surface area contributed by atoms with Crippen LogP contribution in [0.1, 0.15) is 24.5 Å². The van der Waals surface area contributed by atoms with Gasteiger partial charge in [0.05, 0.1) is 17.9 Å². The minimum Gasteiger partial charge on any atom is -0.328 e. The number of amides is 2. The average molecular weight is 471 g/mol. The first kappa shape index (κ1) is 20.6. The Morgan fingerprint density at radius 2 is 1.93 bits per heavy atom. The number of alkyl halides is 3. The lowest BCUT2D eigenvalue weighted by molar-refractivity contribution is -0.141. The lowest BCUT2D eigenvalue weighted by atomic mass is 10.3. The van der Waals surface area contributed by atoms with E-state index in [-0.39, 0.29) is 16.1 Å². The molecule has 0 aliphatic carbocycles. The highest BCUT2D eigenvalue weighted by molar-refractivity contribution is 9.10. The van der Waals surface area contributed by atoms with Gasteiger partial charge in [-0.1, -0.05) is 0 Å². The van der Waals surface area contributed by atoms with Crippen LogP contribution >= 0.6 is 15.9 Å².